The Balaban J connectivity index is 1.95. The number of benzene rings is 2. The molecule has 0 spiro atoms. The molecule has 1 atom stereocenters. The first-order valence-corrected chi connectivity index (χ1v) is 11.2. The van der Waals surface area contributed by atoms with Crippen LogP contribution in [0.15, 0.2) is 64.6 Å². The van der Waals surface area contributed by atoms with Crippen molar-refractivity contribution in [3.05, 3.63) is 65.7 Å². The number of hydrazone groups is 1. The normalized spacial score (nSPS) is 23.0. The van der Waals surface area contributed by atoms with Gasteiger partial charge in [0.05, 0.1) is 10.3 Å². The van der Waals surface area contributed by atoms with Crippen molar-refractivity contribution in [3.63, 3.8) is 0 Å². The Labute approximate surface area is 173 Å². The summed E-state index contributed by atoms with van der Waals surface area (Å²) in [6, 6.07) is 16.4. The minimum atomic E-state index is -3.76. The van der Waals surface area contributed by atoms with Gasteiger partial charge in [-0.25, -0.2) is 4.83 Å². The summed E-state index contributed by atoms with van der Waals surface area (Å²) in [5.41, 5.74) is 1.74. The molecule has 5 nitrogen and oxygen atoms in total. The molecule has 1 aliphatic carbocycles. The molecule has 0 saturated heterocycles. The highest BCUT2D eigenvalue weighted by atomic mass is 32.2. The van der Waals surface area contributed by atoms with Gasteiger partial charge < -0.3 is 0 Å². The van der Waals surface area contributed by atoms with Gasteiger partial charge in [0.1, 0.15) is 5.78 Å². The molecule has 0 amide bonds. The van der Waals surface area contributed by atoms with E-state index in [1.54, 1.807) is 31.2 Å². The van der Waals surface area contributed by atoms with E-state index >= 15 is 0 Å². The standard InChI is InChI=1S/C23H28N2O3S/c1-17-10-12-21(13-11-17)29(27,28)25-24-20-14-22(3,4)16-23(15-20,18(2)26)19-8-6-5-7-9-19/h5-13,25H,14-16H2,1-4H3/b24-20-/t23-/m1/s1. The number of sulfonamides is 1. The van der Waals surface area contributed by atoms with Gasteiger partial charge in [-0.05, 0) is 49.8 Å². The fraction of sp³-hybridized carbons (Fsp3) is 0.391. The summed E-state index contributed by atoms with van der Waals surface area (Å²) in [6.07, 6.45) is 1.74. The summed E-state index contributed by atoms with van der Waals surface area (Å²) >= 11 is 0. The number of carbonyl (C=O) groups is 1. The first kappa shape index (κ1) is 21.2. The number of hydrogen-bond acceptors (Lipinski definition) is 4. The summed E-state index contributed by atoms with van der Waals surface area (Å²) in [5.74, 6) is 0.0746. The number of carbonyl (C=O) groups excluding carboxylic acids is 1. The SMILES string of the molecule is CC(=O)[C@@]1(c2ccccc2)C/C(=N\NS(=O)(=O)c2ccc(C)cc2)CC(C)(C)C1. The van der Waals surface area contributed by atoms with Crippen molar-refractivity contribution in [3.8, 4) is 0 Å². The lowest BCUT2D eigenvalue weighted by molar-refractivity contribution is -0.123. The van der Waals surface area contributed by atoms with Crippen LogP contribution in [0.4, 0.5) is 0 Å². The van der Waals surface area contributed by atoms with Gasteiger partial charge >= 0.3 is 0 Å². The monoisotopic (exact) mass is 412 g/mol. The van der Waals surface area contributed by atoms with Gasteiger partial charge in [-0.1, -0.05) is 61.9 Å². The third-order valence-electron chi connectivity index (χ3n) is 5.62. The van der Waals surface area contributed by atoms with Crippen LogP contribution in [0.5, 0.6) is 0 Å². The molecule has 0 radical (unpaired) electrons. The van der Waals surface area contributed by atoms with Crippen LogP contribution in [-0.2, 0) is 20.2 Å². The van der Waals surface area contributed by atoms with Gasteiger partial charge in [-0.2, -0.15) is 13.5 Å². The fourth-order valence-corrected chi connectivity index (χ4v) is 5.14. The fourth-order valence-electron chi connectivity index (χ4n) is 4.29. The Morgan fingerprint density at radius 3 is 2.21 bits per heavy atom. The number of nitrogens with one attached hydrogen (secondary N) is 1. The number of ketones is 1. The van der Waals surface area contributed by atoms with E-state index in [-0.39, 0.29) is 16.1 Å². The predicted molar refractivity (Wildman–Crippen MR) is 115 cm³/mol. The minimum absolute atomic E-state index is 0.0746. The van der Waals surface area contributed by atoms with Crippen molar-refractivity contribution in [1.29, 1.82) is 0 Å². The first-order chi connectivity index (χ1) is 13.5. The average Bonchev–Trinajstić information content (AvgIpc) is 2.66. The minimum Gasteiger partial charge on any atom is -0.299 e. The highest BCUT2D eigenvalue weighted by molar-refractivity contribution is 7.89. The number of aryl methyl sites for hydroxylation is 1. The molecule has 3 rings (SSSR count). The molecule has 2 aromatic rings. The van der Waals surface area contributed by atoms with E-state index in [9.17, 15) is 13.2 Å². The van der Waals surface area contributed by atoms with Crippen molar-refractivity contribution in [2.24, 2.45) is 10.5 Å². The van der Waals surface area contributed by atoms with Crippen molar-refractivity contribution >= 4 is 21.5 Å². The number of rotatable bonds is 5. The molecule has 154 valence electrons. The first-order valence-electron chi connectivity index (χ1n) is 9.75. The molecule has 0 heterocycles. The number of nitrogens with zero attached hydrogens (tertiary/aromatic N) is 1. The van der Waals surface area contributed by atoms with E-state index in [1.807, 2.05) is 37.3 Å². The molecular weight excluding hydrogens is 384 g/mol. The van der Waals surface area contributed by atoms with Gasteiger partial charge in [-0.3, -0.25) is 4.79 Å². The van der Waals surface area contributed by atoms with Crippen LogP contribution in [0.25, 0.3) is 0 Å². The molecule has 0 aromatic heterocycles. The van der Waals surface area contributed by atoms with Crippen molar-refractivity contribution in [1.82, 2.24) is 4.83 Å². The predicted octanol–water partition coefficient (Wildman–Crippen LogP) is 4.37. The summed E-state index contributed by atoms with van der Waals surface area (Å²) in [7, 11) is -3.76. The largest absolute Gasteiger partial charge is 0.299 e. The molecule has 2 aromatic carbocycles. The molecule has 29 heavy (non-hydrogen) atoms. The van der Waals surface area contributed by atoms with Crippen LogP contribution in [-0.4, -0.2) is 19.9 Å². The van der Waals surface area contributed by atoms with Crippen LogP contribution in [0.3, 0.4) is 0 Å². The summed E-state index contributed by atoms with van der Waals surface area (Å²) < 4.78 is 25.3. The van der Waals surface area contributed by atoms with Crippen molar-refractivity contribution in [2.75, 3.05) is 0 Å². The zero-order valence-corrected chi connectivity index (χ0v) is 18.2. The van der Waals surface area contributed by atoms with Gasteiger partial charge in [0.15, 0.2) is 0 Å². The van der Waals surface area contributed by atoms with E-state index in [0.717, 1.165) is 11.1 Å². The van der Waals surface area contributed by atoms with Gasteiger partial charge in [0.25, 0.3) is 10.0 Å². The zero-order valence-electron chi connectivity index (χ0n) is 17.4. The average molecular weight is 413 g/mol. The van der Waals surface area contributed by atoms with Gasteiger partial charge in [-0.15, -0.1) is 0 Å². The Hall–Kier alpha value is -2.47. The molecule has 6 heteroatoms. The molecule has 1 saturated carbocycles. The van der Waals surface area contributed by atoms with Gasteiger partial charge in [0, 0.05) is 12.1 Å². The lowest BCUT2D eigenvalue weighted by atomic mass is 9.58. The van der Waals surface area contributed by atoms with Crippen LogP contribution < -0.4 is 4.83 Å². The summed E-state index contributed by atoms with van der Waals surface area (Å²) in [4.78, 5) is 15.4. The zero-order chi connectivity index (χ0) is 21.3. The summed E-state index contributed by atoms with van der Waals surface area (Å²) in [5, 5.41) is 4.28. The topological polar surface area (TPSA) is 75.6 Å². The highest BCUT2D eigenvalue weighted by Gasteiger charge is 2.47. The second-order valence-corrected chi connectivity index (χ2v) is 10.4. The second-order valence-electron chi connectivity index (χ2n) is 8.78. The Bertz CT molecular complexity index is 1030. The van der Waals surface area contributed by atoms with E-state index in [2.05, 4.69) is 23.8 Å². The molecule has 0 aliphatic heterocycles. The molecule has 1 N–H and O–H groups in total. The third-order valence-corrected chi connectivity index (χ3v) is 6.85. The summed E-state index contributed by atoms with van der Waals surface area (Å²) in [6.45, 7) is 7.70. The van der Waals surface area contributed by atoms with Crippen LogP contribution in [0.1, 0.15) is 51.2 Å². The molecule has 1 fully saturated rings. The maximum atomic E-state index is 12.8. The van der Waals surface area contributed by atoms with Crippen molar-refractivity contribution in [2.45, 2.75) is 57.3 Å². The maximum absolute atomic E-state index is 12.8. The van der Waals surface area contributed by atoms with Crippen LogP contribution in [0.2, 0.25) is 0 Å². The van der Waals surface area contributed by atoms with E-state index in [0.29, 0.717) is 25.0 Å². The van der Waals surface area contributed by atoms with Crippen LogP contribution >= 0.6 is 0 Å². The quantitative estimate of drug-likeness (QED) is 0.741. The van der Waals surface area contributed by atoms with Crippen LogP contribution in [0, 0.1) is 12.3 Å². The van der Waals surface area contributed by atoms with Crippen molar-refractivity contribution < 1.29 is 13.2 Å². The molecule has 0 bridgehead atoms. The molecular formula is C23H28N2O3S. The molecule has 0 unspecified atom stereocenters. The molecule has 1 aliphatic rings. The van der Waals surface area contributed by atoms with E-state index in [4.69, 9.17) is 0 Å². The lowest BCUT2D eigenvalue weighted by Gasteiger charge is -2.44. The third kappa shape index (κ3) is 4.58. The Kier molecular flexibility index (Phi) is 5.68. The smallest absolute Gasteiger partial charge is 0.276 e. The number of hydrogen-bond donors (Lipinski definition) is 1. The van der Waals surface area contributed by atoms with E-state index < -0.39 is 15.4 Å². The Morgan fingerprint density at radius 2 is 1.62 bits per heavy atom. The number of Topliss-reactive ketones (excluding diaryl/α,β-unsaturated/α-hetero) is 1. The lowest BCUT2D eigenvalue weighted by Crippen LogP contribution is -2.46. The van der Waals surface area contributed by atoms with Gasteiger partial charge in [0.2, 0.25) is 0 Å². The van der Waals surface area contributed by atoms with E-state index in [1.165, 1.54) is 0 Å². The maximum Gasteiger partial charge on any atom is 0.276 e. The highest BCUT2D eigenvalue weighted by Crippen LogP contribution is 2.47. The Morgan fingerprint density at radius 1 is 1.00 bits per heavy atom. The second kappa shape index (κ2) is 7.75.